The summed E-state index contributed by atoms with van der Waals surface area (Å²) in [4.78, 5) is 16.4. The highest BCUT2D eigenvalue weighted by atomic mass is 35.5. The Balaban J connectivity index is 1.79. The molecule has 0 radical (unpaired) electrons. The van der Waals surface area contributed by atoms with Crippen LogP contribution in [0, 0.1) is 19.3 Å². The Morgan fingerprint density at radius 2 is 2.08 bits per heavy atom. The number of fused-ring (bicyclic) bond motifs is 1. The van der Waals surface area contributed by atoms with E-state index in [-0.39, 0.29) is 11.4 Å². The van der Waals surface area contributed by atoms with Crippen LogP contribution >= 0.6 is 23.4 Å². The van der Waals surface area contributed by atoms with Gasteiger partial charge in [0.1, 0.15) is 0 Å². The molecule has 0 saturated heterocycles. The van der Waals surface area contributed by atoms with Crippen LogP contribution in [0.5, 0.6) is 0 Å². The number of hydrogen-bond acceptors (Lipinski definition) is 4. The Hall–Kier alpha value is -2.64. The summed E-state index contributed by atoms with van der Waals surface area (Å²) >= 11 is 7.35. The molecule has 0 unspecified atom stereocenters. The largest absolute Gasteiger partial charge is 0.318 e. The first-order valence-corrected chi connectivity index (χ1v) is 9.09. The van der Waals surface area contributed by atoms with Crippen molar-refractivity contribution in [2.24, 2.45) is 10.1 Å². The molecule has 0 atom stereocenters. The molecule has 0 bridgehead atoms. The average molecular weight is 384 g/mol. The third-order valence-electron chi connectivity index (χ3n) is 4.23. The van der Waals surface area contributed by atoms with Gasteiger partial charge >= 0.3 is 0 Å². The number of thioether (sulfide) groups is 1. The number of aryl methyl sites for hydroxylation is 1. The highest BCUT2D eigenvalue weighted by Crippen LogP contribution is 2.28. The second-order valence-corrected chi connectivity index (χ2v) is 7.15. The van der Waals surface area contributed by atoms with E-state index >= 15 is 0 Å². The number of hydrazone groups is 1. The SMILES string of the molecule is Cc1cc(/C=C2\C(=N)N3N=CSC3=NC2=O)c(C)n1-c1cccc(Cl)c1. The number of hydrogen-bond donors (Lipinski definition) is 1. The van der Waals surface area contributed by atoms with Crippen molar-refractivity contribution in [1.82, 2.24) is 9.58 Å². The maximum absolute atomic E-state index is 12.4. The van der Waals surface area contributed by atoms with Crippen molar-refractivity contribution in [3.63, 3.8) is 0 Å². The fourth-order valence-corrected chi connectivity index (χ4v) is 3.83. The van der Waals surface area contributed by atoms with Gasteiger partial charge in [-0.2, -0.15) is 15.1 Å². The van der Waals surface area contributed by atoms with E-state index in [0.29, 0.717) is 10.2 Å². The van der Waals surface area contributed by atoms with Gasteiger partial charge in [0, 0.05) is 22.1 Å². The maximum atomic E-state index is 12.4. The number of aromatic nitrogens is 1. The number of nitrogens with one attached hydrogen (secondary N) is 1. The molecule has 4 rings (SSSR count). The first-order chi connectivity index (χ1) is 12.5. The topological polar surface area (TPSA) is 73.8 Å². The van der Waals surface area contributed by atoms with E-state index in [9.17, 15) is 4.79 Å². The van der Waals surface area contributed by atoms with Crippen LogP contribution in [-0.2, 0) is 4.79 Å². The number of benzene rings is 1. The van der Waals surface area contributed by atoms with Gasteiger partial charge in [-0.25, -0.2) is 0 Å². The molecule has 2 aliphatic heterocycles. The van der Waals surface area contributed by atoms with Crippen molar-refractivity contribution in [3.8, 4) is 5.69 Å². The van der Waals surface area contributed by atoms with E-state index in [1.807, 2.05) is 44.2 Å². The number of aliphatic imine (C=N–C) groups is 1. The lowest BCUT2D eigenvalue weighted by Crippen LogP contribution is -2.35. The van der Waals surface area contributed by atoms with Crippen molar-refractivity contribution < 1.29 is 4.79 Å². The predicted molar refractivity (Wildman–Crippen MR) is 106 cm³/mol. The van der Waals surface area contributed by atoms with Gasteiger partial charge in [-0.1, -0.05) is 17.7 Å². The van der Waals surface area contributed by atoms with Crippen LogP contribution in [-0.4, -0.2) is 32.0 Å². The highest BCUT2D eigenvalue weighted by molar-refractivity contribution is 8.25. The lowest BCUT2D eigenvalue weighted by Gasteiger charge is -2.20. The second-order valence-electron chi connectivity index (χ2n) is 5.90. The summed E-state index contributed by atoms with van der Waals surface area (Å²) in [5, 5.41) is 14.8. The molecule has 1 N–H and O–H groups in total. The number of rotatable bonds is 2. The molecule has 26 heavy (non-hydrogen) atoms. The summed E-state index contributed by atoms with van der Waals surface area (Å²) < 4.78 is 2.06. The van der Waals surface area contributed by atoms with Crippen molar-refractivity contribution in [2.45, 2.75) is 13.8 Å². The minimum Gasteiger partial charge on any atom is -0.318 e. The number of amides is 1. The minimum atomic E-state index is -0.424. The molecule has 1 amide bonds. The van der Waals surface area contributed by atoms with E-state index in [4.69, 9.17) is 17.0 Å². The van der Waals surface area contributed by atoms with Crippen LogP contribution < -0.4 is 0 Å². The normalized spacial score (nSPS) is 17.9. The monoisotopic (exact) mass is 383 g/mol. The lowest BCUT2D eigenvalue weighted by molar-refractivity contribution is -0.114. The van der Waals surface area contributed by atoms with Crippen LogP contribution in [0.25, 0.3) is 11.8 Å². The first kappa shape index (κ1) is 16.8. The molecule has 0 saturated carbocycles. The number of carbonyl (C=O) groups is 1. The molecular formula is C18H14ClN5OS. The molecule has 2 aliphatic rings. The molecule has 8 heteroatoms. The summed E-state index contributed by atoms with van der Waals surface area (Å²) in [6.07, 6.45) is 1.70. The van der Waals surface area contributed by atoms with Crippen LogP contribution in [0.15, 0.2) is 46.0 Å². The smallest absolute Gasteiger partial charge is 0.283 e. The number of carbonyl (C=O) groups excluding carboxylic acids is 1. The van der Waals surface area contributed by atoms with Gasteiger partial charge in [-0.05, 0) is 61.5 Å². The van der Waals surface area contributed by atoms with Gasteiger partial charge in [-0.3, -0.25) is 10.2 Å². The van der Waals surface area contributed by atoms with Crippen molar-refractivity contribution in [1.29, 1.82) is 5.41 Å². The molecule has 0 spiro atoms. The molecule has 3 heterocycles. The van der Waals surface area contributed by atoms with Gasteiger partial charge in [0.2, 0.25) is 0 Å². The van der Waals surface area contributed by atoms with Crippen LogP contribution in [0.2, 0.25) is 5.02 Å². The number of amidine groups is 2. The van der Waals surface area contributed by atoms with Crippen molar-refractivity contribution in [2.75, 3.05) is 0 Å². The highest BCUT2D eigenvalue weighted by Gasteiger charge is 2.32. The molecular weight excluding hydrogens is 370 g/mol. The quantitative estimate of drug-likeness (QED) is 0.796. The van der Waals surface area contributed by atoms with Crippen LogP contribution in [0.4, 0.5) is 0 Å². The predicted octanol–water partition coefficient (Wildman–Crippen LogP) is 4.00. The molecule has 0 fully saturated rings. The first-order valence-electron chi connectivity index (χ1n) is 7.83. The van der Waals surface area contributed by atoms with Gasteiger partial charge in [0.25, 0.3) is 5.91 Å². The maximum Gasteiger partial charge on any atom is 0.283 e. The minimum absolute atomic E-state index is 0.0359. The van der Waals surface area contributed by atoms with Crippen molar-refractivity contribution in [3.05, 3.63) is 57.9 Å². The Morgan fingerprint density at radius 3 is 2.85 bits per heavy atom. The van der Waals surface area contributed by atoms with E-state index < -0.39 is 5.91 Å². The molecule has 130 valence electrons. The van der Waals surface area contributed by atoms with Crippen LogP contribution in [0.3, 0.4) is 0 Å². The fraction of sp³-hybridized carbons (Fsp3) is 0.111. The third-order valence-corrected chi connectivity index (χ3v) is 5.14. The molecule has 1 aromatic heterocycles. The van der Waals surface area contributed by atoms with E-state index in [1.165, 1.54) is 16.8 Å². The second kappa shape index (κ2) is 6.26. The van der Waals surface area contributed by atoms with Crippen molar-refractivity contribution >= 4 is 51.9 Å². The van der Waals surface area contributed by atoms with Gasteiger partial charge in [0.15, 0.2) is 11.0 Å². The zero-order valence-electron chi connectivity index (χ0n) is 14.0. The lowest BCUT2D eigenvalue weighted by atomic mass is 10.1. The summed E-state index contributed by atoms with van der Waals surface area (Å²) in [6.45, 7) is 3.96. The Labute approximate surface area is 159 Å². The van der Waals surface area contributed by atoms with E-state index in [1.54, 1.807) is 11.6 Å². The van der Waals surface area contributed by atoms with E-state index in [2.05, 4.69) is 14.7 Å². The standard InChI is InChI=1S/C18H14ClN5OS/c1-10-6-12(11(2)23(10)14-5-3-4-13(19)8-14)7-15-16(20)24-18(22-17(15)25)26-9-21-24/h3-9,20H,1-2H3/b15-7+,20-16?. The Kier molecular flexibility index (Phi) is 4.05. The third kappa shape index (κ3) is 2.69. The molecule has 1 aromatic carbocycles. The average Bonchev–Trinajstić information content (AvgIpc) is 3.16. The van der Waals surface area contributed by atoms with Crippen LogP contribution in [0.1, 0.15) is 17.0 Å². The van der Waals surface area contributed by atoms with E-state index in [0.717, 1.165) is 22.6 Å². The summed E-state index contributed by atoms with van der Waals surface area (Å²) in [5.74, 6) is -0.388. The fourth-order valence-electron chi connectivity index (χ4n) is 3.04. The Morgan fingerprint density at radius 1 is 1.27 bits per heavy atom. The molecule has 6 nitrogen and oxygen atoms in total. The summed E-state index contributed by atoms with van der Waals surface area (Å²) in [5.41, 5.74) is 5.54. The van der Waals surface area contributed by atoms with Gasteiger partial charge < -0.3 is 4.57 Å². The zero-order valence-corrected chi connectivity index (χ0v) is 15.6. The summed E-state index contributed by atoms with van der Waals surface area (Å²) in [7, 11) is 0. The number of halogens is 1. The zero-order chi connectivity index (χ0) is 18.4. The van der Waals surface area contributed by atoms with Gasteiger partial charge in [-0.15, -0.1) is 0 Å². The molecule has 2 aromatic rings. The summed E-state index contributed by atoms with van der Waals surface area (Å²) in [6, 6.07) is 9.57. The number of nitrogens with zero attached hydrogens (tertiary/aromatic N) is 4. The Bertz CT molecular complexity index is 1050. The molecule has 0 aliphatic carbocycles. The van der Waals surface area contributed by atoms with Gasteiger partial charge in [0.05, 0.1) is 11.1 Å².